The molecule has 0 bridgehead atoms. The zero-order valence-electron chi connectivity index (χ0n) is 27.7. The van der Waals surface area contributed by atoms with E-state index in [1.807, 2.05) is 0 Å². The normalized spacial score (nSPS) is 26.5. The number of ether oxygens (including phenoxy) is 7. The number of phenolic OH excluding ortho intramolecular Hbond substituents is 3. The van der Waals surface area contributed by atoms with Crippen LogP contribution in [0, 0.1) is 11.8 Å². The Morgan fingerprint density at radius 2 is 1.44 bits per heavy atom. The predicted octanol–water partition coefficient (Wildman–Crippen LogP) is 2.46. The van der Waals surface area contributed by atoms with E-state index in [9.17, 15) is 35.4 Å². The fourth-order valence-corrected chi connectivity index (χ4v) is 6.09. The Kier molecular flexibility index (Phi) is 12.1. The van der Waals surface area contributed by atoms with Crippen molar-refractivity contribution >= 4 is 12.0 Å². The first-order chi connectivity index (χ1) is 24.0. The van der Waals surface area contributed by atoms with Gasteiger partial charge in [0.2, 0.25) is 0 Å². The van der Waals surface area contributed by atoms with Gasteiger partial charge < -0.3 is 63.8 Å². The largest absolute Gasteiger partial charge is 0.504 e. The van der Waals surface area contributed by atoms with Crippen LogP contribution in [0.25, 0.3) is 6.08 Å². The lowest BCUT2D eigenvalue weighted by Crippen LogP contribution is -2.59. The number of hydrogen-bond acceptors (Lipinski definition) is 14. The minimum atomic E-state index is -1.67. The Balaban J connectivity index is 1.28. The van der Waals surface area contributed by atoms with Gasteiger partial charge in [0.25, 0.3) is 0 Å². The van der Waals surface area contributed by atoms with Crippen LogP contribution in [0.2, 0.25) is 0 Å². The van der Waals surface area contributed by atoms with Crippen LogP contribution in [0.3, 0.4) is 0 Å². The highest BCUT2D eigenvalue weighted by Crippen LogP contribution is 2.43. The molecule has 2 aliphatic heterocycles. The van der Waals surface area contributed by atoms with Gasteiger partial charge in [-0.05, 0) is 71.5 Å². The number of aliphatic hydroxyl groups excluding tert-OH is 3. The summed E-state index contributed by atoms with van der Waals surface area (Å²) in [6.07, 6.45) is -4.96. The van der Waals surface area contributed by atoms with Crippen LogP contribution in [-0.4, -0.2) is 108 Å². The average Bonchev–Trinajstić information content (AvgIpc) is 3.52. The van der Waals surface area contributed by atoms with Crippen molar-refractivity contribution < 1.29 is 68.6 Å². The Morgan fingerprint density at radius 3 is 2.14 bits per heavy atom. The molecule has 14 nitrogen and oxygen atoms in total. The molecule has 2 aliphatic rings. The molecule has 8 atom stereocenters. The number of carbonyl (C=O) groups is 1. The molecule has 0 amide bonds. The first-order valence-electron chi connectivity index (χ1n) is 15.9. The highest BCUT2D eigenvalue weighted by atomic mass is 16.7. The van der Waals surface area contributed by atoms with Crippen molar-refractivity contribution in [3.8, 4) is 34.5 Å². The van der Waals surface area contributed by atoms with Crippen LogP contribution >= 0.6 is 0 Å². The van der Waals surface area contributed by atoms with Crippen LogP contribution in [0.1, 0.15) is 22.8 Å². The molecule has 0 unspecified atom stereocenters. The molecule has 50 heavy (non-hydrogen) atoms. The van der Waals surface area contributed by atoms with Gasteiger partial charge in [-0.25, -0.2) is 4.79 Å². The van der Waals surface area contributed by atoms with Gasteiger partial charge in [0, 0.05) is 12.0 Å². The number of rotatable bonds is 13. The van der Waals surface area contributed by atoms with Gasteiger partial charge in [-0.1, -0.05) is 18.2 Å². The summed E-state index contributed by atoms with van der Waals surface area (Å²) >= 11 is 0. The smallest absolute Gasteiger partial charge is 0.330 e. The molecule has 2 heterocycles. The molecular formula is C36H42O14. The fourth-order valence-electron chi connectivity index (χ4n) is 6.09. The molecule has 0 aliphatic carbocycles. The summed E-state index contributed by atoms with van der Waals surface area (Å²) in [5.74, 6) is -0.531. The van der Waals surface area contributed by atoms with Crippen LogP contribution < -0.4 is 14.2 Å². The van der Waals surface area contributed by atoms with Crippen molar-refractivity contribution in [1.82, 2.24) is 0 Å². The zero-order valence-corrected chi connectivity index (χ0v) is 27.7. The number of benzene rings is 3. The van der Waals surface area contributed by atoms with Gasteiger partial charge >= 0.3 is 5.97 Å². The highest BCUT2D eigenvalue weighted by Gasteiger charge is 2.46. The Morgan fingerprint density at radius 1 is 0.800 bits per heavy atom. The molecule has 2 saturated heterocycles. The fraction of sp³-hybridized carbons (Fsp3) is 0.417. The minimum Gasteiger partial charge on any atom is -0.504 e. The van der Waals surface area contributed by atoms with E-state index in [4.69, 9.17) is 33.2 Å². The summed E-state index contributed by atoms with van der Waals surface area (Å²) in [5.41, 5.74) is 2.14. The van der Waals surface area contributed by atoms with Crippen LogP contribution in [0.5, 0.6) is 34.5 Å². The molecule has 0 saturated carbocycles. The third kappa shape index (κ3) is 8.41. The maximum absolute atomic E-state index is 12.5. The van der Waals surface area contributed by atoms with Crippen molar-refractivity contribution in [3.63, 3.8) is 0 Å². The first kappa shape index (κ1) is 36.7. The van der Waals surface area contributed by atoms with Gasteiger partial charge in [0.1, 0.15) is 31.0 Å². The lowest BCUT2D eigenvalue weighted by Gasteiger charge is -2.40. The number of carbonyl (C=O) groups excluding carboxylic acids is 1. The Hall–Kier alpha value is -4.57. The molecule has 0 aromatic heterocycles. The van der Waals surface area contributed by atoms with Crippen molar-refractivity contribution in [2.45, 2.75) is 43.2 Å². The topological polar surface area (TPSA) is 203 Å². The lowest BCUT2D eigenvalue weighted by molar-refractivity contribution is -0.304. The summed E-state index contributed by atoms with van der Waals surface area (Å²) in [4.78, 5) is 12.5. The zero-order chi connectivity index (χ0) is 35.9. The minimum absolute atomic E-state index is 0.00585. The molecule has 6 N–H and O–H groups in total. The second-order valence-corrected chi connectivity index (χ2v) is 12.1. The van der Waals surface area contributed by atoms with Gasteiger partial charge in [-0.2, -0.15) is 0 Å². The number of esters is 1. The van der Waals surface area contributed by atoms with Crippen molar-refractivity contribution in [1.29, 1.82) is 0 Å². The van der Waals surface area contributed by atoms with Crippen molar-refractivity contribution in [2.75, 3.05) is 41.2 Å². The Bertz CT molecular complexity index is 1640. The molecule has 5 rings (SSSR count). The van der Waals surface area contributed by atoms with E-state index in [0.29, 0.717) is 29.9 Å². The lowest BCUT2D eigenvalue weighted by atomic mass is 9.84. The van der Waals surface area contributed by atoms with E-state index in [-0.39, 0.29) is 47.2 Å². The third-order valence-electron chi connectivity index (χ3n) is 8.89. The molecule has 0 spiro atoms. The van der Waals surface area contributed by atoms with Gasteiger partial charge in [0.15, 0.2) is 40.8 Å². The van der Waals surface area contributed by atoms with E-state index in [0.717, 1.165) is 11.6 Å². The molecule has 3 aromatic carbocycles. The molecular weight excluding hydrogens is 656 g/mol. The first-order valence-corrected chi connectivity index (χ1v) is 15.9. The van der Waals surface area contributed by atoms with Crippen LogP contribution in [-0.2, 0) is 30.2 Å². The second kappa shape index (κ2) is 16.4. The summed E-state index contributed by atoms with van der Waals surface area (Å²) in [7, 11) is 4.30. The predicted molar refractivity (Wildman–Crippen MR) is 176 cm³/mol. The third-order valence-corrected chi connectivity index (χ3v) is 8.89. The van der Waals surface area contributed by atoms with Gasteiger partial charge in [-0.15, -0.1) is 0 Å². The van der Waals surface area contributed by atoms with E-state index in [1.165, 1.54) is 45.6 Å². The molecule has 3 aromatic rings. The highest BCUT2D eigenvalue weighted by molar-refractivity contribution is 5.87. The maximum atomic E-state index is 12.5. The molecule has 0 radical (unpaired) electrons. The molecule has 14 heteroatoms. The number of aromatic hydroxyl groups is 3. The molecule has 2 fully saturated rings. The summed E-state index contributed by atoms with van der Waals surface area (Å²) in [6, 6.07) is 14.5. The summed E-state index contributed by atoms with van der Waals surface area (Å²) in [6.45, 7) is -0.159. The number of aliphatic hydroxyl groups is 3. The SMILES string of the molecule is COc1cc(/C=C/C(=O)OC[C@H]2O[C@@H](OC[C@H]3[C@@H](Cc4ccc(O)c(OC)c4)CO[C@@H]3c3ccc(O)c(OC)c3)[C@H](O)[C@@H](O)[C@@H]2O)ccc1O. The Labute approximate surface area is 288 Å². The average molecular weight is 699 g/mol. The quantitative estimate of drug-likeness (QED) is 0.112. The maximum Gasteiger partial charge on any atom is 0.330 e. The van der Waals surface area contributed by atoms with Gasteiger partial charge in [-0.3, -0.25) is 0 Å². The van der Waals surface area contributed by atoms with Crippen molar-refractivity contribution in [3.05, 3.63) is 77.4 Å². The number of methoxy groups -OCH3 is 3. The number of hydrogen-bond donors (Lipinski definition) is 6. The van der Waals surface area contributed by atoms with Crippen LogP contribution in [0.15, 0.2) is 60.7 Å². The van der Waals surface area contributed by atoms with E-state index < -0.39 is 49.4 Å². The van der Waals surface area contributed by atoms with E-state index >= 15 is 0 Å². The number of phenols is 3. The van der Waals surface area contributed by atoms with E-state index in [2.05, 4.69) is 0 Å². The van der Waals surface area contributed by atoms with Crippen molar-refractivity contribution in [2.24, 2.45) is 11.8 Å². The molecule has 270 valence electrons. The monoisotopic (exact) mass is 698 g/mol. The second-order valence-electron chi connectivity index (χ2n) is 12.1. The van der Waals surface area contributed by atoms with E-state index in [1.54, 1.807) is 36.4 Å². The summed E-state index contributed by atoms with van der Waals surface area (Å²) < 4.78 is 39.0. The standard InChI is InChI=1S/C36H42O14/c1-44-27-13-19(4-8-24(27)37)6-11-31(40)47-18-30-32(41)33(42)34(43)36(50-30)49-17-23-22(12-20-5-9-25(38)28(14-20)45-2)16-48-35(23)21-7-10-26(39)29(15-21)46-3/h4-11,13-15,22-23,30,32-39,41-43H,12,16-18H2,1-3H3/b11-6+/t22-,23-,30+,32+,33-,34+,35+,36+/m0/s1. The van der Waals surface area contributed by atoms with Gasteiger partial charge in [0.05, 0.1) is 40.6 Å². The van der Waals surface area contributed by atoms with Crippen LogP contribution in [0.4, 0.5) is 0 Å². The summed E-state index contributed by atoms with van der Waals surface area (Å²) in [5, 5.41) is 62.1.